The second-order valence-corrected chi connectivity index (χ2v) is 3.86. The zero-order valence-electron chi connectivity index (χ0n) is 9.74. The van der Waals surface area contributed by atoms with Crippen LogP contribution in [0, 0.1) is 5.82 Å². The van der Waals surface area contributed by atoms with E-state index >= 15 is 0 Å². The molecule has 0 amide bonds. The molecule has 0 fully saturated rings. The summed E-state index contributed by atoms with van der Waals surface area (Å²) in [6.07, 6.45) is -4.79. The molecule has 1 aromatic heterocycles. The van der Waals surface area contributed by atoms with Gasteiger partial charge in [0.05, 0.1) is 5.56 Å². The maximum Gasteiger partial charge on any atom is 0.419 e. The molecular weight excluding hydrogens is 280 g/mol. The van der Waals surface area contributed by atoms with Gasteiger partial charge in [0.2, 0.25) is 5.95 Å². The van der Waals surface area contributed by atoms with Crippen LogP contribution in [0.15, 0.2) is 18.2 Å². The lowest BCUT2D eigenvalue weighted by Gasteiger charge is -2.11. The minimum absolute atomic E-state index is 0.228. The SMILES string of the molecule is Nc1nc(N)c(F)c(-c2ccc(O)c(C(F)(F)F)c2)n1. The summed E-state index contributed by atoms with van der Waals surface area (Å²) < 4.78 is 51.7. The number of benzene rings is 1. The molecule has 106 valence electrons. The maximum atomic E-state index is 13.7. The fourth-order valence-electron chi connectivity index (χ4n) is 1.58. The Labute approximate surface area is 109 Å². The molecule has 0 atom stereocenters. The number of phenols is 1. The van der Waals surface area contributed by atoms with Crippen LogP contribution in [0.5, 0.6) is 5.75 Å². The van der Waals surface area contributed by atoms with Crippen LogP contribution in [0.1, 0.15) is 5.56 Å². The topological polar surface area (TPSA) is 98.0 Å². The Balaban J connectivity index is 2.66. The van der Waals surface area contributed by atoms with Crippen molar-refractivity contribution < 1.29 is 22.7 Å². The molecule has 2 rings (SSSR count). The lowest BCUT2D eigenvalue weighted by Crippen LogP contribution is -2.07. The number of anilines is 2. The van der Waals surface area contributed by atoms with Gasteiger partial charge in [-0.25, -0.2) is 9.37 Å². The van der Waals surface area contributed by atoms with E-state index in [4.69, 9.17) is 11.5 Å². The lowest BCUT2D eigenvalue weighted by atomic mass is 10.1. The Morgan fingerprint density at radius 2 is 1.75 bits per heavy atom. The highest BCUT2D eigenvalue weighted by Crippen LogP contribution is 2.38. The number of rotatable bonds is 1. The molecule has 2 aromatic rings. The van der Waals surface area contributed by atoms with E-state index in [-0.39, 0.29) is 11.5 Å². The monoisotopic (exact) mass is 288 g/mol. The summed E-state index contributed by atoms with van der Waals surface area (Å²) in [5.41, 5.74) is 8.50. The minimum Gasteiger partial charge on any atom is -0.507 e. The van der Waals surface area contributed by atoms with Crippen LogP contribution in [-0.2, 0) is 6.18 Å². The van der Waals surface area contributed by atoms with Crippen LogP contribution in [0.2, 0.25) is 0 Å². The largest absolute Gasteiger partial charge is 0.507 e. The number of nitrogens with zero attached hydrogens (tertiary/aromatic N) is 2. The summed E-state index contributed by atoms with van der Waals surface area (Å²) >= 11 is 0. The number of hydrogen-bond acceptors (Lipinski definition) is 5. The van der Waals surface area contributed by atoms with E-state index in [2.05, 4.69) is 9.97 Å². The minimum atomic E-state index is -4.79. The van der Waals surface area contributed by atoms with E-state index in [0.717, 1.165) is 12.1 Å². The number of aromatic nitrogens is 2. The first-order chi connectivity index (χ1) is 9.20. The van der Waals surface area contributed by atoms with Gasteiger partial charge >= 0.3 is 6.18 Å². The van der Waals surface area contributed by atoms with E-state index in [1.165, 1.54) is 0 Å². The summed E-state index contributed by atoms with van der Waals surface area (Å²) in [7, 11) is 0. The third-order valence-corrected chi connectivity index (χ3v) is 2.47. The number of nitrogen functional groups attached to an aromatic ring is 2. The van der Waals surface area contributed by atoms with Gasteiger partial charge < -0.3 is 16.6 Å². The van der Waals surface area contributed by atoms with Crippen LogP contribution in [-0.4, -0.2) is 15.1 Å². The number of alkyl halides is 3. The quantitative estimate of drug-likeness (QED) is 0.698. The molecule has 0 unspecified atom stereocenters. The van der Waals surface area contributed by atoms with E-state index in [0.29, 0.717) is 6.07 Å². The Morgan fingerprint density at radius 1 is 1.10 bits per heavy atom. The van der Waals surface area contributed by atoms with Crippen LogP contribution >= 0.6 is 0 Å². The number of phenolic OH excluding ortho intramolecular Hbond substituents is 1. The molecule has 20 heavy (non-hydrogen) atoms. The zero-order chi connectivity index (χ0) is 15.1. The van der Waals surface area contributed by atoms with Crippen molar-refractivity contribution in [1.29, 1.82) is 0 Å². The fraction of sp³-hybridized carbons (Fsp3) is 0.0909. The van der Waals surface area contributed by atoms with E-state index in [9.17, 15) is 22.7 Å². The highest BCUT2D eigenvalue weighted by atomic mass is 19.4. The average molecular weight is 288 g/mol. The number of aromatic hydroxyl groups is 1. The molecule has 5 nitrogen and oxygen atoms in total. The summed E-state index contributed by atoms with van der Waals surface area (Å²) in [5.74, 6) is -3.01. The van der Waals surface area contributed by atoms with Gasteiger partial charge in [0.25, 0.3) is 0 Å². The molecule has 0 spiro atoms. The second-order valence-electron chi connectivity index (χ2n) is 3.86. The van der Waals surface area contributed by atoms with Crippen LogP contribution in [0.25, 0.3) is 11.3 Å². The van der Waals surface area contributed by atoms with Gasteiger partial charge in [0.1, 0.15) is 11.4 Å². The van der Waals surface area contributed by atoms with Gasteiger partial charge in [-0.05, 0) is 18.2 Å². The van der Waals surface area contributed by atoms with Crippen molar-refractivity contribution in [2.75, 3.05) is 11.5 Å². The highest BCUT2D eigenvalue weighted by molar-refractivity contribution is 5.66. The average Bonchev–Trinajstić information content (AvgIpc) is 2.33. The molecule has 0 bridgehead atoms. The number of halogens is 4. The summed E-state index contributed by atoms with van der Waals surface area (Å²) in [5, 5.41) is 9.20. The smallest absolute Gasteiger partial charge is 0.419 e. The first-order valence-corrected chi connectivity index (χ1v) is 5.19. The van der Waals surface area contributed by atoms with Crippen molar-refractivity contribution in [3.8, 4) is 17.0 Å². The zero-order valence-corrected chi connectivity index (χ0v) is 9.74. The first kappa shape index (κ1) is 13.8. The first-order valence-electron chi connectivity index (χ1n) is 5.19. The van der Waals surface area contributed by atoms with Crippen molar-refractivity contribution in [3.63, 3.8) is 0 Å². The van der Waals surface area contributed by atoms with Crippen LogP contribution < -0.4 is 11.5 Å². The van der Waals surface area contributed by atoms with Gasteiger partial charge in [-0.1, -0.05) is 0 Å². The molecule has 0 aliphatic rings. The Hall–Kier alpha value is -2.58. The van der Waals surface area contributed by atoms with Crippen molar-refractivity contribution in [3.05, 3.63) is 29.6 Å². The third-order valence-electron chi connectivity index (χ3n) is 2.47. The van der Waals surface area contributed by atoms with Crippen molar-refractivity contribution in [2.45, 2.75) is 6.18 Å². The van der Waals surface area contributed by atoms with Gasteiger partial charge in [-0.15, -0.1) is 0 Å². The second kappa shape index (κ2) is 4.51. The van der Waals surface area contributed by atoms with Gasteiger partial charge in [-0.3, -0.25) is 0 Å². The normalized spacial score (nSPS) is 11.6. The van der Waals surface area contributed by atoms with Gasteiger partial charge in [0.15, 0.2) is 11.6 Å². The molecule has 0 aliphatic carbocycles. The van der Waals surface area contributed by atoms with Gasteiger partial charge in [-0.2, -0.15) is 18.2 Å². The van der Waals surface area contributed by atoms with E-state index < -0.39 is 34.8 Å². The van der Waals surface area contributed by atoms with Crippen LogP contribution in [0.3, 0.4) is 0 Å². The highest BCUT2D eigenvalue weighted by Gasteiger charge is 2.34. The van der Waals surface area contributed by atoms with Crippen molar-refractivity contribution >= 4 is 11.8 Å². The Morgan fingerprint density at radius 3 is 2.35 bits per heavy atom. The van der Waals surface area contributed by atoms with Gasteiger partial charge in [0, 0.05) is 5.56 Å². The Bertz CT molecular complexity index is 672. The molecule has 0 radical (unpaired) electrons. The fourth-order valence-corrected chi connectivity index (χ4v) is 1.58. The molecule has 0 aliphatic heterocycles. The summed E-state index contributed by atoms with van der Waals surface area (Å²) in [6, 6.07) is 2.40. The standard InChI is InChI=1S/C11H8F4N4O/c12-7-8(18-10(17)19-9(7)16)4-1-2-6(20)5(3-4)11(13,14)15/h1-3,20H,(H4,16,17,18,19). The third kappa shape index (κ3) is 2.42. The maximum absolute atomic E-state index is 13.7. The Kier molecular flexibility index (Phi) is 3.12. The molecule has 9 heteroatoms. The van der Waals surface area contributed by atoms with Crippen LogP contribution in [0.4, 0.5) is 29.3 Å². The number of hydrogen-bond donors (Lipinski definition) is 3. The van der Waals surface area contributed by atoms with Crippen molar-refractivity contribution in [1.82, 2.24) is 9.97 Å². The van der Waals surface area contributed by atoms with E-state index in [1.807, 2.05) is 0 Å². The molecule has 1 aromatic carbocycles. The van der Waals surface area contributed by atoms with E-state index in [1.54, 1.807) is 0 Å². The predicted molar refractivity (Wildman–Crippen MR) is 62.9 cm³/mol. The summed E-state index contributed by atoms with van der Waals surface area (Å²) in [4.78, 5) is 6.87. The predicted octanol–water partition coefficient (Wildman–Crippen LogP) is 2.17. The number of nitrogens with two attached hydrogens (primary N) is 2. The molecule has 5 N–H and O–H groups in total. The molecule has 1 heterocycles. The summed E-state index contributed by atoms with van der Waals surface area (Å²) in [6.45, 7) is 0. The lowest BCUT2D eigenvalue weighted by molar-refractivity contribution is -0.138. The molecular formula is C11H8F4N4O. The molecule has 0 saturated carbocycles. The van der Waals surface area contributed by atoms with Crippen molar-refractivity contribution in [2.24, 2.45) is 0 Å². The molecule has 0 saturated heterocycles.